The number of nitrogens with one attached hydrogen (secondary N) is 3. The maximum absolute atomic E-state index is 13.1. The maximum Gasteiger partial charge on any atom is 0.326 e. The smallest absolute Gasteiger partial charge is 0.326 e. The first kappa shape index (κ1) is 27.0. The highest BCUT2D eigenvalue weighted by molar-refractivity contribution is 7.98. The Kier molecular flexibility index (Phi) is 10.7. The first-order chi connectivity index (χ1) is 16.2. The fourth-order valence-electron chi connectivity index (χ4n) is 3.42. The quantitative estimate of drug-likeness (QED) is 0.108. The molecule has 1 heterocycles. The van der Waals surface area contributed by atoms with E-state index in [1.807, 2.05) is 30.5 Å². The van der Waals surface area contributed by atoms with Crippen molar-refractivity contribution in [1.29, 1.82) is 0 Å². The molecule has 2 rings (SSSR count). The third kappa shape index (κ3) is 8.27. The molecular weight excluding hydrogens is 458 g/mol. The number of para-hydroxylation sites is 1. The number of benzene rings is 1. The number of amides is 2. The minimum absolute atomic E-state index is 0.0878. The first-order valence-corrected chi connectivity index (χ1v) is 12.3. The Bertz CT molecular complexity index is 1010. The van der Waals surface area contributed by atoms with Gasteiger partial charge in [-0.05, 0) is 42.9 Å². The molecule has 11 nitrogen and oxygen atoms in total. The van der Waals surface area contributed by atoms with Crippen LogP contribution < -0.4 is 27.8 Å². The number of thioether (sulfide) groups is 1. The molecule has 0 fully saturated rings. The van der Waals surface area contributed by atoms with Gasteiger partial charge in [0.1, 0.15) is 12.1 Å². The fraction of sp³-hybridized carbons (Fsp3) is 0.455. The number of aromatic nitrogens is 1. The normalized spacial score (nSPS) is 13.6. The first-order valence-electron chi connectivity index (χ1n) is 10.9. The molecule has 0 saturated heterocycles. The fourth-order valence-corrected chi connectivity index (χ4v) is 3.91. The largest absolute Gasteiger partial charge is 0.480 e. The van der Waals surface area contributed by atoms with Crippen LogP contribution in [0.3, 0.4) is 0 Å². The Labute approximate surface area is 202 Å². The van der Waals surface area contributed by atoms with E-state index in [4.69, 9.17) is 17.2 Å². The number of aromatic amines is 1. The van der Waals surface area contributed by atoms with Crippen LogP contribution in [-0.2, 0) is 20.8 Å². The lowest BCUT2D eigenvalue weighted by atomic mass is 10.0. The maximum atomic E-state index is 13.1. The van der Waals surface area contributed by atoms with E-state index < -0.39 is 35.9 Å². The minimum atomic E-state index is -1.19. The second kappa shape index (κ2) is 13.5. The zero-order valence-electron chi connectivity index (χ0n) is 19.1. The molecule has 0 bridgehead atoms. The van der Waals surface area contributed by atoms with Crippen molar-refractivity contribution in [2.75, 3.05) is 18.6 Å². The molecule has 0 aliphatic heterocycles. The SMILES string of the molecule is CSCCC(N)C(=O)NC(Cc1c[nH]c2ccccc12)C(=O)NC(CCCN=C(N)N)C(=O)O. The van der Waals surface area contributed by atoms with Crippen molar-refractivity contribution < 1.29 is 19.5 Å². The van der Waals surface area contributed by atoms with Crippen LogP contribution in [0.25, 0.3) is 10.9 Å². The van der Waals surface area contributed by atoms with Gasteiger partial charge in [0, 0.05) is 30.1 Å². The summed E-state index contributed by atoms with van der Waals surface area (Å²) >= 11 is 1.57. The van der Waals surface area contributed by atoms with Gasteiger partial charge >= 0.3 is 5.97 Å². The summed E-state index contributed by atoms with van der Waals surface area (Å²) in [5.41, 5.74) is 18.2. The lowest BCUT2D eigenvalue weighted by molar-refractivity contribution is -0.142. The number of hydrogen-bond donors (Lipinski definition) is 7. The summed E-state index contributed by atoms with van der Waals surface area (Å²) < 4.78 is 0. The molecule has 1 aromatic heterocycles. The number of nitrogens with zero attached hydrogens (tertiary/aromatic N) is 1. The predicted molar refractivity (Wildman–Crippen MR) is 134 cm³/mol. The molecule has 2 aromatic rings. The molecule has 0 radical (unpaired) electrons. The van der Waals surface area contributed by atoms with Gasteiger partial charge in [-0.3, -0.25) is 14.6 Å². The number of aliphatic carboxylic acids is 1. The molecule has 0 spiro atoms. The van der Waals surface area contributed by atoms with Crippen LogP contribution >= 0.6 is 11.8 Å². The second-order valence-electron chi connectivity index (χ2n) is 7.86. The lowest BCUT2D eigenvalue weighted by Crippen LogP contribution is -2.55. The Morgan fingerprint density at radius 2 is 1.82 bits per heavy atom. The number of carbonyl (C=O) groups excluding carboxylic acids is 2. The highest BCUT2D eigenvalue weighted by Crippen LogP contribution is 2.19. The van der Waals surface area contributed by atoms with Crippen LogP contribution in [0, 0.1) is 0 Å². The zero-order valence-corrected chi connectivity index (χ0v) is 19.9. The molecule has 34 heavy (non-hydrogen) atoms. The second-order valence-corrected chi connectivity index (χ2v) is 8.85. The summed E-state index contributed by atoms with van der Waals surface area (Å²) in [4.78, 5) is 44.5. The Morgan fingerprint density at radius 1 is 1.12 bits per heavy atom. The number of fused-ring (bicyclic) bond motifs is 1. The van der Waals surface area contributed by atoms with E-state index >= 15 is 0 Å². The van der Waals surface area contributed by atoms with Gasteiger partial charge < -0.3 is 37.9 Å². The number of carbonyl (C=O) groups is 3. The van der Waals surface area contributed by atoms with E-state index in [1.54, 1.807) is 18.0 Å². The third-order valence-electron chi connectivity index (χ3n) is 5.26. The third-order valence-corrected chi connectivity index (χ3v) is 5.91. The van der Waals surface area contributed by atoms with Crippen molar-refractivity contribution in [3.05, 3.63) is 36.0 Å². The average Bonchev–Trinajstić information content (AvgIpc) is 3.21. The van der Waals surface area contributed by atoms with Crippen molar-refractivity contribution in [2.45, 2.75) is 43.8 Å². The van der Waals surface area contributed by atoms with Crippen molar-refractivity contribution >= 4 is 46.4 Å². The molecule has 2 amide bonds. The number of rotatable bonds is 14. The number of hydrogen-bond acceptors (Lipinski definition) is 6. The van der Waals surface area contributed by atoms with E-state index in [2.05, 4.69) is 20.6 Å². The summed E-state index contributed by atoms with van der Waals surface area (Å²) in [5, 5.41) is 15.7. The monoisotopic (exact) mass is 491 g/mol. The van der Waals surface area contributed by atoms with Crippen molar-refractivity contribution in [2.24, 2.45) is 22.2 Å². The predicted octanol–water partition coefficient (Wildman–Crippen LogP) is -0.101. The summed E-state index contributed by atoms with van der Waals surface area (Å²) in [5.74, 6) is -1.65. The van der Waals surface area contributed by atoms with E-state index in [9.17, 15) is 19.5 Å². The number of carboxylic acids is 1. The number of carboxylic acid groups (broad SMARTS) is 1. The Balaban J connectivity index is 2.17. The van der Waals surface area contributed by atoms with Crippen molar-refractivity contribution in [3.8, 4) is 0 Å². The topological polar surface area (TPSA) is 202 Å². The number of aliphatic imine (C=N–C) groups is 1. The molecule has 1 aromatic carbocycles. The summed E-state index contributed by atoms with van der Waals surface area (Å²) in [6, 6.07) is 4.64. The highest BCUT2D eigenvalue weighted by atomic mass is 32.2. The lowest BCUT2D eigenvalue weighted by Gasteiger charge is -2.23. The summed E-state index contributed by atoms with van der Waals surface area (Å²) in [7, 11) is 0. The van der Waals surface area contributed by atoms with E-state index in [0.717, 1.165) is 16.5 Å². The van der Waals surface area contributed by atoms with Gasteiger partial charge in [0.2, 0.25) is 11.8 Å². The number of H-pyrrole nitrogens is 1. The summed E-state index contributed by atoms with van der Waals surface area (Å²) in [6.07, 6.45) is 4.78. The Morgan fingerprint density at radius 3 is 2.50 bits per heavy atom. The van der Waals surface area contributed by atoms with Crippen LogP contribution in [0.4, 0.5) is 0 Å². The van der Waals surface area contributed by atoms with Gasteiger partial charge in [-0.25, -0.2) is 4.79 Å². The van der Waals surface area contributed by atoms with Gasteiger partial charge in [-0.15, -0.1) is 0 Å². The van der Waals surface area contributed by atoms with Gasteiger partial charge in [0.05, 0.1) is 6.04 Å². The summed E-state index contributed by atoms with van der Waals surface area (Å²) in [6.45, 7) is 0.238. The molecule has 0 saturated carbocycles. The van der Waals surface area contributed by atoms with Crippen LogP contribution in [-0.4, -0.2) is 70.5 Å². The zero-order chi connectivity index (χ0) is 25.1. The Hall–Kier alpha value is -3.25. The van der Waals surface area contributed by atoms with E-state index in [-0.39, 0.29) is 25.3 Å². The van der Waals surface area contributed by atoms with Crippen LogP contribution in [0.5, 0.6) is 0 Å². The van der Waals surface area contributed by atoms with Crippen molar-refractivity contribution in [1.82, 2.24) is 15.6 Å². The molecule has 0 aliphatic rings. The highest BCUT2D eigenvalue weighted by Gasteiger charge is 2.28. The van der Waals surface area contributed by atoms with E-state index in [1.165, 1.54) is 0 Å². The molecule has 3 atom stereocenters. The molecule has 3 unspecified atom stereocenters. The van der Waals surface area contributed by atoms with E-state index in [0.29, 0.717) is 18.6 Å². The molecule has 0 aliphatic carbocycles. The van der Waals surface area contributed by atoms with Crippen molar-refractivity contribution in [3.63, 3.8) is 0 Å². The number of nitrogens with two attached hydrogens (primary N) is 3. The molecule has 12 heteroatoms. The van der Waals surface area contributed by atoms with Crippen LogP contribution in [0.2, 0.25) is 0 Å². The minimum Gasteiger partial charge on any atom is -0.480 e. The molecule has 186 valence electrons. The molecular formula is C22H33N7O4S. The van der Waals surface area contributed by atoms with Gasteiger partial charge in [0.15, 0.2) is 5.96 Å². The standard InChI is InChI=1S/C22H33N7O4S/c1-34-10-8-15(23)19(30)29-18(11-13-12-27-16-6-3-2-5-14(13)16)20(31)28-17(21(32)33)7-4-9-26-22(24)25/h2-3,5-6,12,15,17-18,27H,4,7-11,23H2,1H3,(H,28,31)(H,29,30)(H,32,33)(H4,24,25,26). The van der Waals surface area contributed by atoms with Gasteiger partial charge in [0.25, 0.3) is 0 Å². The van der Waals surface area contributed by atoms with Gasteiger partial charge in [-0.1, -0.05) is 18.2 Å². The van der Waals surface area contributed by atoms with Gasteiger partial charge in [-0.2, -0.15) is 11.8 Å². The average molecular weight is 492 g/mol. The number of guanidine groups is 1. The molecule has 10 N–H and O–H groups in total. The van der Waals surface area contributed by atoms with Crippen LogP contribution in [0.15, 0.2) is 35.5 Å². The van der Waals surface area contributed by atoms with Crippen LogP contribution in [0.1, 0.15) is 24.8 Å².